The van der Waals surface area contributed by atoms with Gasteiger partial charge in [0.2, 0.25) is 0 Å². The first-order valence-electron chi connectivity index (χ1n) is 8.29. The smallest absolute Gasteiger partial charge is 0.0788 e. The molecule has 1 heterocycles. The van der Waals surface area contributed by atoms with E-state index in [1.165, 1.54) is 25.7 Å². The molecule has 0 aromatic rings. The number of hydrogen-bond donors (Lipinski definition) is 1. The first-order chi connectivity index (χ1) is 9.13. The van der Waals surface area contributed by atoms with E-state index in [0.29, 0.717) is 5.92 Å². The van der Waals surface area contributed by atoms with Crippen LogP contribution in [-0.4, -0.2) is 41.8 Å². The van der Waals surface area contributed by atoms with Gasteiger partial charge in [0.1, 0.15) is 0 Å². The minimum atomic E-state index is -0.213. The average Bonchev–Trinajstić information content (AvgIpc) is 2.47. The molecule has 0 bridgehead atoms. The molecule has 1 aliphatic heterocycles. The Bertz CT molecular complexity index is 340. The van der Waals surface area contributed by atoms with E-state index in [0.717, 1.165) is 18.5 Å². The highest BCUT2D eigenvalue weighted by atomic mass is 16.5. The molecule has 2 N–H and O–H groups in total. The SMILES string of the molecule is CC1CCCC(N(C)CC2C(N)C(C)(C)OC2(C)C)C1. The van der Waals surface area contributed by atoms with Crippen molar-refractivity contribution >= 4 is 0 Å². The summed E-state index contributed by atoms with van der Waals surface area (Å²) in [6, 6.07) is 0.839. The summed E-state index contributed by atoms with van der Waals surface area (Å²) >= 11 is 0. The molecule has 0 spiro atoms. The minimum absolute atomic E-state index is 0.112. The number of ether oxygens (including phenoxy) is 1. The van der Waals surface area contributed by atoms with Crippen molar-refractivity contribution in [1.29, 1.82) is 0 Å². The summed E-state index contributed by atoms with van der Waals surface area (Å²) < 4.78 is 6.22. The summed E-state index contributed by atoms with van der Waals surface area (Å²) in [7, 11) is 2.27. The van der Waals surface area contributed by atoms with E-state index in [4.69, 9.17) is 10.5 Å². The molecule has 0 amide bonds. The van der Waals surface area contributed by atoms with Crippen molar-refractivity contribution in [2.24, 2.45) is 17.6 Å². The van der Waals surface area contributed by atoms with Crippen LogP contribution in [0.25, 0.3) is 0 Å². The van der Waals surface area contributed by atoms with Crippen molar-refractivity contribution < 1.29 is 4.74 Å². The summed E-state index contributed by atoms with van der Waals surface area (Å²) in [4.78, 5) is 2.55. The van der Waals surface area contributed by atoms with Gasteiger partial charge in [-0.3, -0.25) is 0 Å². The Hall–Kier alpha value is -0.120. The lowest BCUT2D eigenvalue weighted by Gasteiger charge is -2.38. The van der Waals surface area contributed by atoms with Crippen LogP contribution in [0.15, 0.2) is 0 Å². The Balaban J connectivity index is 2.01. The molecule has 4 unspecified atom stereocenters. The average molecular weight is 282 g/mol. The van der Waals surface area contributed by atoms with Crippen LogP contribution >= 0.6 is 0 Å². The third kappa shape index (κ3) is 3.20. The van der Waals surface area contributed by atoms with Crippen molar-refractivity contribution in [3.8, 4) is 0 Å². The van der Waals surface area contributed by atoms with Gasteiger partial charge in [-0.2, -0.15) is 0 Å². The fourth-order valence-corrected chi connectivity index (χ4v) is 4.33. The molecule has 2 rings (SSSR count). The summed E-state index contributed by atoms with van der Waals surface area (Å²) in [5, 5.41) is 0. The second-order valence-electron chi connectivity index (χ2n) is 8.31. The van der Waals surface area contributed by atoms with Crippen LogP contribution in [0.4, 0.5) is 0 Å². The molecule has 20 heavy (non-hydrogen) atoms. The second kappa shape index (κ2) is 5.58. The minimum Gasteiger partial charge on any atom is -0.368 e. The molecule has 0 aromatic carbocycles. The van der Waals surface area contributed by atoms with Gasteiger partial charge in [-0.1, -0.05) is 19.8 Å². The highest BCUT2D eigenvalue weighted by Gasteiger charge is 2.52. The molecule has 118 valence electrons. The van der Waals surface area contributed by atoms with Crippen molar-refractivity contribution in [3.63, 3.8) is 0 Å². The second-order valence-corrected chi connectivity index (χ2v) is 8.31. The van der Waals surface area contributed by atoms with E-state index < -0.39 is 0 Å². The van der Waals surface area contributed by atoms with Gasteiger partial charge >= 0.3 is 0 Å². The van der Waals surface area contributed by atoms with Crippen LogP contribution < -0.4 is 5.73 Å². The van der Waals surface area contributed by atoms with Gasteiger partial charge in [-0.15, -0.1) is 0 Å². The highest BCUT2D eigenvalue weighted by molar-refractivity contribution is 5.04. The zero-order chi connectivity index (χ0) is 15.1. The van der Waals surface area contributed by atoms with E-state index in [2.05, 4.69) is 46.6 Å². The summed E-state index contributed by atoms with van der Waals surface area (Å²) in [6.07, 6.45) is 5.45. The molecule has 1 aliphatic carbocycles. The largest absolute Gasteiger partial charge is 0.368 e. The highest BCUT2D eigenvalue weighted by Crippen LogP contribution is 2.42. The third-order valence-electron chi connectivity index (χ3n) is 5.67. The lowest BCUT2D eigenvalue weighted by molar-refractivity contribution is -0.0790. The molecular weight excluding hydrogens is 248 g/mol. The van der Waals surface area contributed by atoms with E-state index in [9.17, 15) is 0 Å². The number of nitrogens with two attached hydrogens (primary N) is 1. The standard InChI is InChI=1S/C17H34N2O/c1-12-8-7-9-13(10-12)19(6)11-14-15(18)17(4,5)20-16(14,2)3/h12-15H,7-11,18H2,1-6H3. The molecule has 0 radical (unpaired) electrons. The topological polar surface area (TPSA) is 38.5 Å². The van der Waals surface area contributed by atoms with Gasteiger partial charge in [0.15, 0.2) is 0 Å². The van der Waals surface area contributed by atoms with Crippen molar-refractivity contribution in [2.75, 3.05) is 13.6 Å². The maximum atomic E-state index is 6.49. The van der Waals surface area contributed by atoms with E-state index >= 15 is 0 Å². The predicted octanol–water partition coefficient (Wildman–Crippen LogP) is 3.03. The Morgan fingerprint density at radius 1 is 1.15 bits per heavy atom. The lowest BCUT2D eigenvalue weighted by atomic mass is 9.81. The maximum Gasteiger partial charge on any atom is 0.0788 e. The Morgan fingerprint density at radius 3 is 2.30 bits per heavy atom. The van der Waals surface area contributed by atoms with E-state index in [1.807, 2.05) is 0 Å². The van der Waals surface area contributed by atoms with Gasteiger partial charge in [0, 0.05) is 24.5 Å². The molecule has 3 nitrogen and oxygen atoms in total. The van der Waals surface area contributed by atoms with Crippen LogP contribution in [0.5, 0.6) is 0 Å². The van der Waals surface area contributed by atoms with Crippen LogP contribution in [0.2, 0.25) is 0 Å². The number of rotatable bonds is 3. The normalized spacial score (nSPS) is 40.2. The Kier molecular flexibility index (Phi) is 4.54. The lowest BCUT2D eigenvalue weighted by Crippen LogP contribution is -2.49. The molecule has 3 heteroatoms. The van der Waals surface area contributed by atoms with Crippen molar-refractivity contribution in [2.45, 2.75) is 83.6 Å². The quantitative estimate of drug-likeness (QED) is 0.864. The number of hydrogen-bond acceptors (Lipinski definition) is 3. The van der Waals surface area contributed by atoms with Gasteiger partial charge in [-0.05, 0) is 53.5 Å². The van der Waals surface area contributed by atoms with Crippen LogP contribution in [0.3, 0.4) is 0 Å². The van der Waals surface area contributed by atoms with Crippen LogP contribution in [0, 0.1) is 11.8 Å². The Morgan fingerprint density at radius 2 is 1.80 bits per heavy atom. The van der Waals surface area contributed by atoms with Crippen molar-refractivity contribution in [3.05, 3.63) is 0 Å². The van der Waals surface area contributed by atoms with Crippen molar-refractivity contribution in [1.82, 2.24) is 4.90 Å². The van der Waals surface area contributed by atoms with Crippen LogP contribution in [0.1, 0.15) is 60.3 Å². The van der Waals surface area contributed by atoms with Gasteiger partial charge in [0.05, 0.1) is 11.2 Å². The fraction of sp³-hybridized carbons (Fsp3) is 1.00. The van der Waals surface area contributed by atoms with E-state index in [1.54, 1.807) is 0 Å². The summed E-state index contributed by atoms with van der Waals surface area (Å²) in [5.74, 6) is 1.27. The fourth-order valence-electron chi connectivity index (χ4n) is 4.33. The molecule has 4 atom stereocenters. The molecule has 1 saturated carbocycles. The van der Waals surface area contributed by atoms with Gasteiger partial charge in [0.25, 0.3) is 0 Å². The maximum absolute atomic E-state index is 6.49. The molecule has 0 aromatic heterocycles. The summed E-state index contributed by atoms with van der Waals surface area (Å²) in [5.41, 5.74) is 6.14. The zero-order valence-corrected chi connectivity index (χ0v) is 14.3. The first kappa shape index (κ1) is 16.3. The Labute approximate surface area is 125 Å². The monoisotopic (exact) mass is 282 g/mol. The third-order valence-corrected chi connectivity index (χ3v) is 5.67. The van der Waals surface area contributed by atoms with Gasteiger partial charge < -0.3 is 15.4 Å². The zero-order valence-electron chi connectivity index (χ0n) is 14.3. The molecule has 1 saturated heterocycles. The van der Waals surface area contributed by atoms with Crippen LogP contribution in [-0.2, 0) is 4.74 Å². The molecule has 2 aliphatic rings. The van der Waals surface area contributed by atoms with E-state index in [-0.39, 0.29) is 17.2 Å². The number of nitrogens with zero attached hydrogens (tertiary/aromatic N) is 1. The van der Waals surface area contributed by atoms with Gasteiger partial charge in [-0.25, -0.2) is 0 Å². The molecular formula is C17H34N2O. The summed E-state index contributed by atoms with van der Waals surface area (Å²) in [6.45, 7) is 12.1. The first-order valence-corrected chi connectivity index (χ1v) is 8.29. The predicted molar refractivity (Wildman–Crippen MR) is 84.8 cm³/mol. The molecule has 2 fully saturated rings.